The van der Waals surface area contributed by atoms with Crippen LogP contribution in [0.4, 0.5) is 0 Å². The van der Waals surface area contributed by atoms with Crippen molar-refractivity contribution in [1.82, 2.24) is 19.2 Å². The van der Waals surface area contributed by atoms with E-state index in [1.165, 1.54) is 38.1 Å². The van der Waals surface area contributed by atoms with Gasteiger partial charge in [-0.1, -0.05) is 12.1 Å². The topological polar surface area (TPSA) is 153 Å². The fraction of sp³-hybridized carbons (Fsp3) is 0.385. The number of methoxy groups -OCH3 is 2. The smallest absolute Gasteiger partial charge is 0.263 e. The molecule has 1 amide bonds. The molecule has 2 aromatic heterocycles. The van der Waals surface area contributed by atoms with E-state index in [1.807, 2.05) is 6.07 Å². The van der Waals surface area contributed by atoms with Crippen LogP contribution in [0, 0.1) is 11.3 Å². The number of carbonyl (C=O) groups is 1. The molecule has 206 valence electrons. The van der Waals surface area contributed by atoms with Crippen LogP contribution < -0.4 is 15.6 Å². The number of nitrogens with zero attached hydrogens (tertiary/aromatic N) is 4. The minimum Gasteiger partial charge on any atom is -0.474 e. The summed E-state index contributed by atoms with van der Waals surface area (Å²) in [5.74, 6) is -0.469. The molecule has 0 aliphatic heterocycles. The maximum absolute atomic E-state index is 13.3. The second-order valence-corrected chi connectivity index (χ2v) is 11.6. The van der Waals surface area contributed by atoms with Gasteiger partial charge in [-0.25, -0.2) is 13.4 Å². The molecule has 0 radical (unpaired) electrons. The number of benzene rings is 1. The van der Waals surface area contributed by atoms with Crippen molar-refractivity contribution in [2.45, 2.75) is 24.1 Å². The van der Waals surface area contributed by atoms with Gasteiger partial charge in [0.05, 0.1) is 11.6 Å². The standard InChI is InChI=1S/C26H29N5O7S/c1-30-22-20(12-21(25(30)33)23(32)29-14-19-6-4-18(13-27)5-7-19)8-11-28-24(22)38-15-26(9-10-26)39(34,35)31(16-36-2)17-37-3/h4-8,11-12H,9-10,14-17H2,1-3H3,(H,29,32). The lowest BCUT2D eigenvalue weighted by molar-refractivity contribution is 0.0391. The first-order valence-corrected chi connectivity index (χ1v) is 13.5. The summed E-state index contributed by atoms with van der Waals surface area (Å²) in [5.41, 5.74) is 1.00. The van der Waals surface area contributed by atoms with E-state index in [0.717, 1.165) is 9.87 Å². The number of nitriles is 1. The average molecular weight is 556 g/mol. The molecule has 13 heteroatoms. The van der Waals surface area contributed by atoms with Crippen LogP contribution in [0.5, 0.6) is 5.88 Å². The predicted octanol–water partition coefficient (Wildman–Crippen LogP) is 1.49. The van der Waals surface area contributed by atoms with Crippen LogP contribution in [0.3, 0.4) is 0 Å². The first-order valence-electron chi connectivity index (χ1n) is 12.0. The second-order valence-electron chi connectivity index (χ2n) is 9.23. The van der Waals surface area contributed by atoms with Crippen molar-refractivity contribution in [1.29, 1.82) is 5.26 Å². The molecule has 1 saturated carbocycles. The average Bonchev–Trinajstić information content (AvgIpc) is 3.74. The zero-order valence-electron chi connectivity index (χ0n) is 21.8. The van der Waals surface area contributed by atoms with Crippen molar-refractivity contribution in [3.05, 3.63) is 69.6 Å². The van der Waals surface area contributed by atoms with Gasteiger partial charge in [0.2, 0.25) is 15.9 Å². The Bertz CT molecular complexity index is 1570. The van der Waals surface area contributed by atoms with Crippen LogP contribution in [0.25, 0.3) is 10.9 Å². The third-order valence-electron chi connectivity index (χ3n) is 6.59. The molecule has 2 heterocycles. The van der Waals surface area contributed by atoms with E-state index in [9.17, 15) is 18.0 Å². The number of aryl methyl sites for hydroxylation is 1. The summed E-state index contributed by atoms with van der Waals surface area (Å²) in [5, 5.41) is 12.2. The molecule has 0 saturated heterocycles. The first-order chi connectivity index (χ1) is 18.7. The number of carbonyl (C=O) groups excluding carboxylic acids is 1. The molecule has 12 nitrogen and oxygen atoms in total. The second kappa shape index (κ2) is 11.5. The van der Waals surface area contributed by atoms with Gasteiger partial charge in [-0.2, -0.15) is 9.57 Å². The highest BCUT2D eigenvalue weighted by molar-refractivity contribution is 7.90. The van der Waals surface area contributed by atoms with Crippen LogP contribution in [0.15, 0.2) is 47.4 Å². The molecule has 1 N–H and O–H groups in total. The van der Waals surface area contributed by atoms with Crippen LogP contribution in [-0.2, 0) is 33.1 Å². The molecule has 4 rings (SSSR count). The van der Waals surface area contributed by atoms with Gasteiger partial charge in [0.15, 0.2) is 0 Å². The molecule has 1 aromatic carbocycles. The van der Waals surface area contributed by atoms with Gasteiger partial charge in [0.1, 0.15) is 35.9 Å². The number of pyridine rings is 2. The first kappa shape index (κ1) is 28.2. The molecule has 1 aliphatic rings. The number of hydrogen-bond donors (Lipinski definition) is 1. The van der Waals surface area contributed by atoms with Crippen LogP contribution in [0.2, 0.25) is 0 Å². The third-order valence-corrected chi connectivity index (χ3v) is 9.10. The van der Waals surface area contributed by atoms with E-state index in [4.69, 9.17) is 19.5 Å². The Morgan fingerprint density at radius 1 is 1.18 bits per heavy atom. The molecular formula is C26H29N5O7S. The van der Waals surface area contributed by atoms with Gasteiger partial charge in [-0.15, -0.1) is 0 Å². The molecule has 3 aromatic rings. The third kappa shape index (κ3) is 5.64. The Balaban J connectivity index is 1.55. The fourth-order valence-electron chi connectivity index (χ4n) is 4.20. The molecule has 1 fully saturated rings. The number of amides is 1. The van der Waals surface area contributed by atoms with Crippen LogP contribution in [0.1, 0.15) is 34.3 Å². The largest absolute Gasteiger partial charge is 0.474 e. The molecule has 0 atom stereocenters. The molecule has 39 heavy (non-hydrogen) atoms. The summed E-state index contributed by atoms with van der Waals surface area (Å²) in [7, 11) is 0.484. The number of rotatable bonds is 12. The Labute approximate surface area is 225 Å². The Hall–Kier alpha value is -3.83. The highest BCUT2D eigenvalue weighted by Gasteiger charge is 2.58. The van der Waals surface area contributed by atoms with Gasteiger partial charge in [-0.05, 0) is 42.7 Å². The van der Waals surface area contributed by atoms with Crippen molar-refractivity contribution in [2.24, 2.45) is 7.05 Å². The monoisotopic (exact) mass is 555 g/mol. The predicted molar refractivity (Wildman–Crippen MR) is 141 cm³/mol. The summed E-state index contributed by atoms with van der Waals surface area (Å²) in [4.78, 5) is 30.2. The van der Waals surface area contributed by atoms with Gasteiger partial charge in [-0.3, -0.25) is 9.59 Å². The highest BCUT2D eigenvalue weighted by Crippen LogP contribution is 2.45. The molecule has 0 bridgehead atoms. The lowest BCUT2D eigenvalue weighted by atomic mass is 10.1. The van der Waals surface area contributed by atoms with Crippen molar-refractivity contribution in [2.75, 3.05) is 34.3 Å². The summed E-state index contributed by atoms with van der Waals surface area (Å²) in [6, 6.07) is 11.9. The Morgan fingerprint density at radius 3 is 2.44 bits per heavy atom. The maximum atomic E-state index is 13.3. The zero-order chi connectivity index (χ0) is 28.2. The molecule has 0 spiro atoms. The van der Waals surface area contributed by atoms with Crippen molar-refractivity contribution < 1.29 is 27.4 Å². The summed E-state index contributed by atoms with van der Waals surface area (Å²) < 4.78 is 43.7. The summed E-state index contributed by atoms with van der Waals surface area (Å²) >= 11 is 0. The van der Waals surface area contributed by atoms with Gasteiger partial charge < -0.3 is 24.1 Å². The highest BCUT2D eigenvalue weighted by atomic mass is 32.2. The normalized spacial score (nSPS) is 14.2. The SMILES string of the molecule is COCN(COC)S(=O)(=O)C1(COc2nccc3cc(C(=O)NCc4ccc(C#N)cc4)c(=O)n(C)c23)CC1. The van der Waals surface area contributed by atoms with Crippen LogP contribution >= 0.6 is 0 Å². The zero-order valence-corrected chi connectivity index (χ0v) is 22.7. The van der Waals surface area contributed by atoms with Gasteiger partial charge >= 0.3 is 0 Å². The van der Waals surface area contributed by atoms with E-state index in [1.54, 1.807) is 30.3 Å². The van der Waals surface area contributed by atoms with E-state index in [0.29, 0.717) is 29.3 Å². The quantitative estimate of drug-likeness (QED) is 0.328. The van der Waals surface area contributed by atoms with Crippen molar-refractivity contribution in [3.8, 4) is 11.9 Å². The number of nitrogens with one attached hydrogen (secondary N) is 1. The molecular weight excluding hydrogens is 526 g/mol. The fourth-order valence-corrected chi connectivity index (χ4v) is 6.06. The van der Waals surface area contributed by atoms with Crippen molar-refractivity contribution >= 4 is 26.8 Å². The lowest BCUT2D eigenvalue weighted by Gasteiger charge is -2.26. The van der Waals surface area contributed by atoms with Gasteiger partial charge in [0.25, 0.3) is 11.5 Å². The number of sulfonamides is 1. The van der Waals surface area contributed by atoms with E-state index in [-0.39, 0.29) is 38.1 Å². The summed E-state index contributed by atoms with van der Waals surface area (Å²) in [6.45, 7) is -0.313. The van der Waals surface area contributed by atoms with Crippen molar-refractivity contribution in [3.63, 3.8) is 0 Å². The van der Waals surface area contributed by atoms with Crippen LogP contribution in [-0.4, -0.2) is 67.2 Å². The lowest BCUT2D eigenvalue weighted by Crippen LogP contribution is -2.45. The Morgan fingerprint density at radius 2 is 1.85 bits per heavy atom. The minimum absolute atomic E-state index is 0.0631. The number of ether oxygens (including phenoxy) is 3. The minimum atomic E-state index is -3.81. The number of hydrogen-bond acceptors (Lipinski definition) is 9. The van der Waals surface area contributed by atoms with Gasteiger partial charge in [0, 0.05) is 39.4 Å². The number of fused-ring (bicyclic) bond motifs is 1. The molecule has 0 unspecified atom stereocenters. The summed E-state index contributed by atoms with van der Waals surface area (Å²) in [6.07, 6.45) is 2.26. The van der Waals surface area contributed by atoms with E-state index < -0.39 is 26.2 Å². The molecule has 1 aliphatic carbocycles. The maximum Gasteiger partial charge on any atom is 0.263 e. The number of aromatic nitrogens is 2. The van der Waals surface area contributed by atoms with E-state index in [2.05, 4.69) is 10.3 Å². The van der Waals surface area contributed by atoms with E-state index >= 15 is 0 Å². The Kier molecular flexibility index (Phi) is 8.31.